The summed E-state index contributed by atoms with van der Waals surface area (Å²) in [5.41, 5.74) is 1.52. The van der Waals surface area contributed by atoms with E-state index in [0.717, 1.165) is 18.5 Å². The van der Waals surface area contributed by atoms with Gasteiger partial charge in [-0.25, -0.2) is 0 Å². The van der Waals surface area contributed by atoms with Crippen molar-refractivity contribution in [1.82, 2.24) is 15.1 Å². The van der Waals surface area contributed by atoms with E-state index in [2.05, 4.69) is 10.4 Å². The number of alkyl halides is 1. The Bertz CT molecular complexity index is 362. The Balaban J connectivity index is 2.68. The van der Waals surface area contributed by atoms with Crippen LogP contribution in [0.1, 0.15) is 36.5 Å². The minimum absolute atomic E-state index is 0.0879. The first kappa shape index (κ1) is 13.0. The molecule has 16 heavy (non-hydrogen) atoms. The topological polar surface area (TPSA) is 46.9 Å². The minimum Gasteiger partial charge on any atom is -0.348 e. The molecule has 1 heterocycles. The fourth-order valence-corrected chi connectivity index (χ4v) is 1.77. The fourth-order valence-electron chi connectivity index (χ4n) is 1.45. The molecule has 1 N–H and O–H groups in total. The molecule has 0 saturated carbocycles. The number of hydrogen-bond donors (Lipinski definition) is 1. The fraction of sp³-hybridized carbons (Fsp3) is 0.636. The number of nitrogens with one attached hydrogen (secondary N) is 1. The first-order chi connectivity index (χ1) is 7.58. The second-order valence-electron chi connectivity index (χ2n) is 3.85. The van der Waals surface area contributed by atoms with Gasteiger partial charge in [-0.2, -0.15) is 5.10 Å². The lowest BCUT2D eigenvalue weighted by molar-refractivity contribution is 0.0930. The van der Waals surface area contributed by atoms with Gasteiger partial charge in [0.1, 0.15) is 5.69 Å². The van der Waals surface area contributed by atoms with E-state index >= 15 is 0 Å². The number of hydrogen-bond acceptors (Lipinski definition) is 2. The summed E-state index contributed by atoms with van der Waals surface area (Å²) in [4.78, 5) is 11.9. The third kappa shape index (κ3) is 3.23. The van der Waals surface area contributed by atoms with Crippen LogP contribution in [0.25, 0.3) is 0 Å². The molecule has 0 bridgehead atoms. The molecule has 0 aliphatic heterocycles. The van der Waals surface area contributed by atoms with E-state index in [9.17, 15) is 4.79 Å². The first-order valence-electron chi connectivity index (χ1n) is 5.48. The van der Waals surface area contributed by atoms with Crippen LogP contribution in [-0.4, -0.2) is 27.6 Å². The van der Waals surface area contributed by atoms with Crippen molar-refractivity contribution in [3.63, 3.8) is 0 Å². The molecule has 5 heteroatoms. The van der Waals surface area contributed by atoms with E-state index in [-0.39, 0.29) is 11.9 Å². The average molecular weight is 244 g/mol. The number of halogens is 1. The molecule has 4 nitrogen and oxygen atoms in total. The van der Waals surface area contributed by atoms with Gasteiger partial charge in [-0.15, -0.1) is 11.6 Å². The van der Waals surface area contributed by atoms with Gasteiger partial charge in [0, 0.05) is 19.0 Å². The highest BCUT2D eigenvalue weighted by Crippen LogP contribution is 2.04. The molecule has 1 aromatic rings. The van der Waals surface area contributed by atoms with E-state index in [0.29, 0.717) is 11.6 Å². The molecule has 1 aromatic heterocycles. The van der Waals surface area contributed by atoms with Crippen LogP contribution in [0.5, 0.6) is 0 Å². The van der Waals surface area contributed by atoms with Crippen LogP contribution in [0.4, 0.5) is 0 Å². The Morgan fingerprint density at radius 1 is 1.69 bits per heavy atom. The summed E-state index contributed by atoms with van der Waals surface area (Å²) in [6.07, 6.45) is 1.60. The Kier molecular flexibility index (Phi) is 4.80. The van der Waals surface area contributed by atoms with Crippen LogP contribution in [0, 0.1) is 0 Å². The van der Waals surface area contributed by atoms with Crippen molar-refractivity contribution >= 4 is 17.5 Å². The Morgan fingerprint density at radius 3 is 2.88 bits per heavy atom. The molecule has 0 radical (unpaired) electrons. The van der Waals surface area contributed by atoms with Crippen LogP contribution in [0.3, 0.4) is 0 Å². The van der Waals surface area contributed by atoms with Gasteiger partial charge in [0.05, 0.1) is 5.69 Å². The van der Waals surface area contributed by atoms with Gasteiger partial charge >= 0.3 is 0 Å². The van der Waals surface area contributed by atoms with Crippen molar-refractivity contribution in [2.24, 2.45) is 7.05 Å². The van der Waals surface area contributed by atoms with Gasteiger partial charge in [0.2, 0.25) is 0 Å². The summed E-state index contributed by atoms with van der Waals surface area (Å²) in [5.74, 6) is 0.458. The summed E-state index contributed by atoms with van der Waals surface area (Å²) in [6.45, 7) is 3.96. The monoisotopic (exact) mass is 243 g/mol. The number of carbonyl (C=O) groups is 1. The lowest BCUT2D eigenvalue weighted by Gasteiger charge is -2.11. The zero-order chi connectivity index (χ0) is 12.1. The number of nitrogens with zero attached hydrogens (tertiary/aromatic N) is 2. The molecule has 90 valence electrons. The number of aryl methyl sites for hydroxylation is 2. The van der Waals surface area contributed by atoms with E-state index in [1.807, 2.05) is 19.9 Å². The number of amides is 1. The second-order valence-corrected chi connectivity index (χ2v) is 4.23. The summed E-state index contributed by atoms with van der Waals surface area (Å²) < 4.78 is 1.61. The van der Waals surface area contributed by atoms with Gasteiger partial charge in [-0.1, -0.05) is 6.92 Å². The lowest BCUT2D eigenvalue weighted by atomic mass is 10.2. The predicted molar refractivity (Wildman–Crippen MR) is 64.9 cm³/mol. The molecule has 1 atom stereocenters. The van der Waals surface area contributed by atoms with Gasteiger partial charge < -0.3 is 5.32 Å². The van der Waals surface area contributed by atoms with Crippen molar-refractivity contribution in [2.75, 3.05) is 5.88 Å². The zero-order valence-corrected chi connectivity index (χ0v) is 10.7. The lowest BCUT2D eigenvalue weighted by Crippen LogP contribution is -2.34. The molecular formula is C11H18ClN3O. The highest BCUT2D eigenvalue weighted by atomic mass is 35.5. The number of aromatic nitrogens is 2. The Morgan fingerprint density at radius 2 is 2.38 bits per heavy atom. The van der Waals surface area contributed by atoms with Crippen molar-refractivity contribution < 1.29 is 4.79 Å². The summed E-state index contributed by atoms with van der Waals surface area (Å²) >= 11 is 5.61. The maximum atomic E-state index is 11.9. The van der Waals surface area contributed by atoms with Crippen molar-refractivity contribution in [3.05, 3.63) is 17.5 Å². The van der Waals surface area contributed by atoms with Crippen LogP contribution in [0.2, 0.25) is 0 Å². The molecule has 0 aliphatic carbocycles. The second kappa shape index (κ2) is 5.89. The van der Waals surface area contributed by atoms with Crippen LogP contribution >= 0.6 is 11.6 Å². The zero-order valence-electron chi connectivity index (χ0n) is 9.96. The Labute approximate surface area is 101 Å². The third-order valence-corrected chi connectivity index (χ3v) is 2.66. The van der Waals surface area contributed by atoms with Crippen molar-refractivity contribution in [3.8, 4) is 0 Å². The predicted octanol–water partition coefficient (Wildman–Crippen LogP) is 1.73. The smallest absolute Gasteiger partial charge is 0.269 e. The quantitative estimate of drug-likeness (QED) is 0.801. The maximum absolute atomic E-state index is 11.9. The van der Waals surface area contributed by atoms with Crippen molar-refractivity contribution in [1.29, 1.82) is 0 Å². The van der Waals surface area contributed by atoms with Gasteiger partial charge in [0.15, 0.2) is 0 Å². The standard InChI is InChI=1S/C11H18ClN3O/c1-4-9-7-10(15(3)14-9)11(16)13-8(2)5-6-12/h7-8H,4-6H2,1-3H3,(H,13,16). The normalized spacial score (nSPS) is 12.5. The molecule has 0 spiro atoms. The van der Waals surface area contributed by atoms with E-state index in [1.54, 1.807) is 11.7 Å². The first-order valence-corrected chi connectivity index (χ1v) is 6.01. The van der Waals surface area contributed by atoms with Gasteiger partial charge in [-0.05, 0) is 25.8 Å². The van der Waals surface area contributed by atoms with Crippen molar-refractivity contribution in [2.45, 2.75) is 32.7 Å². The molecule has 1 amide bonds. The molecule has 0 saturated heterocycles. The largest absolute Gasteiger partial charge is 0.348 e. The van der Waals surface area contributed by atoms with Crippen LogP contribution < -0.4 is 5.32 Å². The molecule has 0 fully saturated rings. The number of carbonyl (C=O) groups excluding carboxylic acids is 1. The molecule has 0 aliphatic rings. The maximum Gasteiger partial charge on any atom is 0.269 e. The molecule has 0 aromatic carbocycles. The molecular weight excluding hydrogens is 226 g/mol. The summed E-state index contributed by atoms with van der Waals surface area (Å²) in [5, 5.41) is 7.12. The van der Waals surface area contributed by atoms with Gasteiger partial charge in [-0.3, -0.25) is 9.48 Å². The highest BCUT2D eigenvalue weighted by Gasteiger charge is 2.14. The van der Waals surface area contributed by atoms with Crippen LogP contribution in [-0.2, 0) is 13.5 Å². The number of rotatable bonds is 5. The van der Waals surface area contributed by atoms with Crippen LogP contribution in [0.15, 0.2) is 6.07 Å². The molecule has 1 rings (SSSR count). The molecule has 1 unspecified atom stereocenters. The SMILES string of the molecule is CCc1cc(C(=O)NC(C)CCCl)n(C)n1. The summed E-state index contributed by atoms with van der Waals surface area (Å²) in [7, 11) is 1.78. The summed E-state index contributed by atoms with van der Waals surface area (Å²) in [6, 6.07) is 1.91. The average Bonchev–Trinajstić information content (AvgIpc) is 2.60. The van der Waals surface area contributed by atoms with E-state index in [4.69, 9.17) is 11.6 Å². The minimum atomic E-state index is -0.0904. The Hall–Kier alpha value is -1.03. The highest BCUT2D eigenvalue weighted by molar-refractivity contribution is 6.17. The van der Waals surface area contributed by atoms with E-state index < -0.39 is 0 Å². The van der Waals surface area contributed by atoms with E-state index in [1.165, 1.54) is 0 Å². The third-order valence-electron chi connectivity index (χ3n) is 2.44. The van der Waals surface area contributed by atoms with Gasteiger partial charge in [0.25, 0.3) is 5.91 Å².